The Hall–Kier alpha value is -2.24. The Morgan fingerprint density at radius 3 is 2.43 bits per heavy atom. The number of halogens is 2. The highest BCUT2D eigenvalue weighted by molar-refractivity contribution is 6.30. The van der Waals surface area contributed by atoms with E-state index in [1.54, 1.807) is 42.5 Å². The highest BCUT2D eigenvalue weighted by Crippen LogP contribution is 2.19. The molecule has 21 heavy (non-hydrogen) atoms. The van der Waals surface area contributed by atoms with E-state index in [4.69, 9.17) is 23.2 Å². The molecule has 5 nitrogen and oxygen atoms in total. The van der Waals surface area contributed by atoms with E-state index >= 15 is 0 Å². The first kappa shape index (κ1) is 13.7. The van der Waals surface area contributed by atoms with Gasteiger partial charge in [-0.05, 0) is 54.1 Å². The van der Waals surface area contributed by atoms with Gasteiger partial charge in [-0.15, -0.1) is 0 Å². The first-order valence-corrected chi connectivity index (χ1v) is 6.84. The van der Waals surface area contributed by atoms with Gasteiger partial charge in [0.05, 0.1) is 11.0 Å². The molecule has 7 heteroatoms. The number of imidazole rings is 1. The SMILES string of the molecule is O=C(Nc1ccc(Cl)cc1)Nc1ccc2nc(Cl)[nH]c2c1. The first-order chi connectivity index (χ1) is 10.1. The molecule has 3 rings (SSSR count). The Labute approximate surface area is 130 Å². The summed E-state index contributed by atoms with van der Waals surface area (Å²) >= 11 is 11.6. The van der Waals surface area contributed by atoms with Gasteiger partial charge in [0.25, 0.3) is 0 Å². The molecule has 0 atom stereocenters. The van der Waals surface area contributed by atoms with E-state index in [1.165, 1.54) is 0 Å². The summed E-state index contributed by atoms with van der Waals surface area (Å²) in [5.41, 5.74) is 2.78. The number of aromatic amines is 1. The fourth-order valence-corrected chi connectivity index (χ4v) is 2.20. The molecule has 106 valence electrons. The molecule has 2 amide bonds. The lowest BCUT2D eigenvalue weighted by molar-refractivity contribution is 0.262. The van der Waals surface area contributed by atoms with E-state index in [-0.39, 0.29) is 6.03 Å². The van der Waals surface area contributed by atoms with Crippen molar-refractivity contribution in [3.8, 4) is 0 Å². The molecule has 2 aromatic carbocycles. The molecule has 0 fully saturated rings. The van der Waals surface area contributed by atoms with Crippen LogP contribution in [-0.2, 0) is 0 Å². The highest BCUT2D eigenvalue weighted by atomic mass is 35.5. The molecule has 0 saturated heterocycles. The molecule has 0 aliphatic rings. The smallest absolute Gasteiger partial charge is 0.323 e. The van der Waals surface area contributed by atoms with Crippen molar-refractivity contribution in [2.75, 3.05) is 10.6 Å². The maximum Gasteiger partial charge on any atom is 0.323 e. The minimum absolute atomic E-state index is 0.313. The van der Waals surface area contributed by atoms with Crippen LogP contribution in [0.15, 0.2) is 42.5 Å². The quantitative estimate of drug-likeness (QED) is 0.650. The van der Waals surface area contributed by atoms with E-state index in [0.717, 1.165) is 11.0 Å². The fraction of sp³-hybridized carbons (Fsp3) is 0. The molecular weight excluding hydrogens is 311 g/mol. The summed E-state index contributed by atoms with van der Waals surface area (Å²) in [4.78, 5) is 18.9. The van der Waals surface area contributed by atoms with Gasteiger partial charge < -0.3 is 15.6 Å². The van der Waals surface area contributed by atoms with E-state index in [0.29, 0.717) is 21.7 Å². The van der Waals surface area contributed by atoms with Gasteiger partial charge >= 0.3 is 6.03 Å². The third-order valence-electron chi connectivity index (χ3n) is 2.81. The van der Waals surface area contributed by atoms with Crippen LogP contribution in [-0.4, -0.2) is 16.0 Å². The summed E-state index contributed by atoms with van der Waals surface area (Å²) < 4.78 is 0. The van der Waals surface area contributed by atoms with Gasteiger partial charge in [-0.1, -0.05) is 11.6 Å². The molecule has 0 unspecified atom stereocenters. The number of aromatic nitrogens is 2. The number of amides is 2. The Balaban J connectivity index is 1.71. The predicted octanol–water partition coefficient (Wildman–Crippen LogP) is 4.51. The average Bonchev–Trinajstić information content (AvgIpc) is 2.80. The summed E-state index contributed by atoms with van der Waals surface area (Å²) in [6.07, 6.45) is 0. The van der Waals surface area contributed by atoms with Crippen molar-refractivity contribution in [3.63, 3.8) is 0 Å². The Kier molecular flexibility index (Phi) is 3.68. The number of hydrogen-bond acceptors (Lipinski definition) is 2. The van der Waals surface area contributed by atoms with Crippen LogP contribution in [0.3, 0.4) is 0 Å². The first-order valence-electron chi connectivity index (χ1n) is 6.09. The standard InChI is InChI=1S/C14H10Cl2N4O/c15-8-1-3-9(4-2-8)17-14(21)18-10-5-6-11-12(7-10)20-13(16)19-11/h1-7H,(H,19,20)(H2,17,18,21). The van der Waals surface area contributed by atoms with Gasteiger partial charge in [-0.3, -0.25) is 0 Å². The van der Waals surface area contributed by atoms with Crippen molar-refractivity contribution in [2.45, 2.75) is 0 Å². The van der Waals surface area contributed by atoms with Crippen LogP contribution in [0.2, 0.25) is 10.3 Å². The predicted molar refractivity (Wildman–Crippen MR) is 85.2 cm³/mol. The van der Waals surface area contributed by atoms with Crippen molar-refractivity contribution >= 4 is 51.6 Å². The number of rotatable bonds is 2. The maximum absolute atomic E-state index is 11.9. The van der Waals surface area contributed by atoms with Crippen LogP contribution in [0.5, 0.6) is 0 Å². The minimum atomic E-state index is -0.345. The van der Waals surface area contributed by atoms with Crippen LogP contribution < -0.4 is 10.6 Å². The van der Waals surface area contributed by atoms with E-state index in [2.05, 4.69) is 20.6 Å². The lowest BCUT2D eigenvalue weighted by atomic mass is 10.3. The second-order valence-electron chi connectivity index (χ2n) is 4.35. The van der Waals surface area contributed by atoms with Crippen molar-refractivity contribution in [2.24, 2.45) is 0 Å². The van der Waals surface area contributed by atoms with Gasteiger partial charge in [0.15, 0.2) is 0 Å². The molecule has 1 heterocycles. The fourth-order valence-electron chi connectivity index (χ4n) is 1.88. The van der Waals surface area contributed by atoms with Crippen LogP contribution >= 0.6 is 23.2 Å². The minimum Gasteiger partial charge on any atom is -0.329 e. The molecule has 3 N–H and O–H groups in total. The van der Waals surface area contributed by atoms with Gasteiger partial charge in [-0.25, -0.2) is 9.78 Å². The van der Waals surface area contributed by atoms with E-state index in [9.17, 15) is 4.79 Å². The molecule has 0 spiro atoms. The zero-order chi connectivity index (χ0) is 14.8. The number of carbonyl (C=O) groups is 1. The number of urea groups is 1. The number of H-pyrrole nitrogens is 1. The lowest BCUT2D eigenvalue weighted by Crippen LogP contribution is -2.19. The number of hydrogen-bond donors (Lipinski definition) is 3. The van der Waals surface area contributed by atoms with Crippen molar-refractivity contribution < 1.29 is 4.79 Å². The molecule has 0 aliphatic carbocycles. The monoisotopic (exact) mass is 320 g/mol. The van der Waals surface area contributed by atoms with E-state index in [1.807, 2.05) is 0 Å². The summed E-state index contributed by atoms with van der Waals surface area (Å²) in [5, 5.41) is 6.37. The zero-order valence-electron chi connectivity index (χ0n) is 10.7. The number of benzene rings is 2. The number of carbonyl (C=O) groups excluding carboxylic acids is 1. The Bertz CT molecular complexity index is 798. The Morgan fingerprint density at radius 2 is 1.67 bits per heavy atom. The van der Waals surface area contributed by atoms with Gasteiger partial charge in [0.1, 0.15) is 0 Å². The second kappa shape index (κ2) is 5.63. The normalized spacial score (nSPS) is 10.6. The third kappa shape index (κ3) is 3.26. The molecule has 0 saturated carbocycles. The maximum atomic E-state index is 11.9. The van der Waals surface area contributed by atoms with Gasteiger partial charge in [-0.2, -0.15) is 0 Å². The zero-order valence-corrected chi connectivity index (χ0v) is 12.2. The number of anilines is 2. The van der Waals surface area contributed by atoms with Crippen LogP contribution in [0.25, 0.3) is 11.0 Å². The molecule has 1 aromatic heterocycles. The molecule has 3 aromatic rings. The van der Waals surface area contributed by atoms with Crippen molar-refractivity contribution in [3.05, 3.63) is 52.8 Å². The summed E-state index contributed by atoms with van der Waals surface area (Å²) in [6.45, 7) is 0. The topological polar surface area (TPSA) is 69.8 Å². The van der Waals surface area contributed by atoms with E-state index < -0.39 is 0 Å². The molecular formula is C14H10Cl2N4O. The Morgan fingerprint density at radius 1 is 1.00 bits per heavy atom. The average molecular weight is 321 g/mol. The molecule has 0 aliphatic heterocycles. The third-order valence-corrected chi connectivity index (χ3v) is 3.24. The van der Waals surface area contributed by atoms with Crippen LogP contribution in [0.4, 0.5) is 16.2 Å². The molecule has 0 bridgehead atoms. The largest absolute Gasteiger partial charge is 0.329 e. The molecule has 0 radical (unpaired) electrons. The number of nitrogens with zero attached hydrogens (tertiary/aromatic N) is 1. The van der Waals surface area contributed by atoms with Crippen LogP contribution in [0, 0.1) is 0 Å². The number of fused-ring (bicyclic) bond motifs is 1. The summed E-state index contributed by atoms with van der Waals surface area (Å²) in [6, 6.07) is 11.8. The van der Waals surface area contributed by atoms with Crippen molar-refractivity contribution in [1.29, 1.82) is 0 Å². The summed E-state index contributed by atoms with van der Waals surface area (Å²) in [7, 11) is 0. The van der Waals surface area contributed by atoms with Gasteiger partial charge in [0.2, 0.25) is 5.28 Å². The lowest BCUT2D eigenvalue weighted by Gasteiger charge is -2.07. The van der Waals surface area contributed by atoms with Crippen molar-refractivity contribution in [1.82, 2.24) is 9.97 Å². The second-order valence-corrected chi connectivity index (χ2v) is 5.14. The van der Waals surface area contributed by atoms with Gasteiger partial charge in [0, 0.05) is 16.4 Å². The number of nitrogens with one attached hydrogen (secondary N) is 3. The summed E-state index contributed by atoms with van der Waals surface area (Å²) in [5.74, 6) is 0. The highest BCUT2D eigenvalue weighted by Gasteiger charge is 2.05. The van der Waals surface area contributed by atoms with Crippen LogP contribution in [0.1, 0.15) is 0 Å².